The average Bonchev–Trinajstić information content (AvgIpc) is 2.95. The lowest BCUT2D eigenvalue weighted by atomic mass is 10.0. The molecule has 1 aromatic heterocycles. The second-order valence-electron chi connectivity index (χ2n) is 6.88. The van der Waals surface area contributed by atoms with Gasteiger partial charge >= 0.3 is 0 Å². The van der Waals surface area contributed by atoms with E-state index in [9.17, 15) is 4.79 Å². The van der Waals surface area contributed by atoms with Crippen LogP contribution in [-0.2, 0) is 13.0 Å². The van der Waals surface area contributed by atoms with E-state index in [1.165, 1.54) is 11.1 Å². The van der Waals surface area contributed by atoms with E-state index >= 15 is 0 Å². The van der Waals surface area contributed by atoms with Gasteiger partial charge in [-0.05, 0) is 43.9 Å². The minimum absolute atomic E-state index is 0.0615. The predicted molar refractivity (Wildman–Crippen MR) is 104 cm³/mol. The number of nitrogens with zero attached hydrogens (tertiary/aromatic N) is 3. The van der Waals surface area contributed by atoms with Crippen LogP contribution >= 0.6 is 0 Å². The summed E-state index contributed by atoms with van der Waals surface area (Å²) in [5.74, 6) is 0.0615. The molecule has 2 aromatic carbocycles. The summed E-state index contributed by atoms with van der Waals surface area (Å²) < 4.78 is 1.94. The number of aryl methyl sites for hydroxylation is 2. The molecule has 0 unspecified atom stereocenters. The van der Waals surface area contributed by atoms with Gasteiger partial charge in [-0.2, -0.15) is 5.10 Å². The zero-order valence-corrected chi connectivity index (χ0v) is 15.3. The molecule has 3 aromatic rings. The Balaban J connectivity index is 1.67. The number of hydrogen-bond acceptors (Lipinski definition) is 2. The van der Waals surface area contributed by atoms with Gasteiger partial charge in [0.25, 0.3) is 5.91 Å². The van der Waals surface area contributed by atoms with Crippen molar-refractivity contribution in [2.45, 2.75) is 33.2 Å². The number of carbonyl (C=O) groups is 1. The maximum atomic E-state index is 13.3. The first-order valence-corrected chi connectivity index (χ1v) is 9.13. The number of hydrogen-bond donors (Lipinski definition) is 0. The Morgan fingerprint density at radius 2 is 1.77 bits per heavy atom. The number of anilines is 1. The first-order valence-electron chi connectivity index (χ1n) is 9.13. The monoisotopic (exact) mass is 345 g/mol. The van der Waals surface area contributed by atoms with Crippen LogP contribution < -0.4 is 4.90 Å². The third-order valence-corrected chi connectivity index (χ3v) is 5.13. The summed E-state index contributed by atoms with van der Waals surface area (Å²) in [4.78, 5) is 15.3. The van der Waals surface area contributed by atoms with Gasteiger partial charge in [-0.25, -0.2) is 0 Å². The second-order valence-corrected chi connectivity index (χ2v) is 6.88. The molecule has 132 valence electrons. The van der Waals surface area contributed by atoms with E-state index in [0.29, 0.717) is 6.54 Å². The van der Waals surface area contributed by atoms with Gasteiger partial charge < -0.3 is 4.90 Å². The Bertz CT molecular complexity index is 943. The summed E-state index contributed by atoms with van der Waals surface area (Å²) in [6.45, 7) is 5.36. The van der Waals surface area contributed by atoms with Gasteiger partial charge in [0.15, 0.2) is 0 Å². The summed E-state index contributed by atoms with van der Waals surface area (Å²) in [6.07, 6.45) is 2.03. The average molecular weight is 345 g/mol. The lowest BCUT2D eigenvalue weighted by molar-refractivity contribution is 0.0984. The van der Waals surface area contributed by atoms with Gasteiger partial charge in [0, 0.05) is 17.9 Å². The first-order chi connectivity index (χ1) is 12.6. The van der Waals surface area contributed by atoms with Crippen molar-refractivity contribution >= 4 is 11.6 Å². The Morgan fingerprint density at radius 3 is 2.58 bits per heavy atom. The highest BCUT2D eigenvalue weighted by atomic mass is 16.2. The molecule has 26 heavy (non-hydrogen) atoms. The highest BCUT2D eigenvalue weighted by Gasteiger charge is 2.27. The van der Waals surface area contributed by atoms with Gasteiger partial charge in [0.1, 0.15) is 0 Å². The molecule has 0 spiro atoms. The standard InChI is InChI=1S/C22H23N3O/c1-16-21(17(2)25(23-16)15-18-9-4-3-5-10-18)22(26)24-14-8-12-19-11-6-7-13-20(19)24/h3-7,9-11,13H,8,12,14-15H2,1-2H3. The maximum Gasteiger partial charge on any atom is 0.262 e. The van der Waals surface area contributed by atoms with Gasteiger partial charge in [-0.15, -0.1) is 0 Å². The summed E-state index contributed by atoms with van der Waals surface area (Å²) in [5, 5.41) is 4.65. The fraction of sp³-hybridized carbons (Fsp3) is 0.273. The molecular weight excluding hydrogens is 322 g/mol. The molecule has 0 saturated carbocycles. The number of para-hydroxylation sites is 1. The number of fused-ring (bicyclic) bond motifs is 1. The molecule has 0 fully saturated rings. The van der Waals surface area contributed by atoms with Crippen molar-refractivity contribution in [2.75, 3.05) is 11.4 Å². The molecule has 0 radical (unpaired) electrons. The summed E-state index contributed by atoms with van der Waals surface area (Å²) in [7, 11) is 0. The highest BCUT2D eigenvalue weighted by molar-refractivity contribution is 6.08. The zero-order chi connectivity index (χ0) is 18.1. The zero-order valence-electron chi connectivity index (χ0n) is 15.3. The molecule has 2 heterocycles. The molecule has 1 aliphatic rings. The van der Waals surface area contributed by atoms with Crippen molar-refractivity contribution in [2.24, 2.45) is 0 Å². The summed E-state index contributed by atoms with van der Waals surface area (Å²) >= 11 is 0. The third kappa shape index (κ3) is 2.92. The number of benzene rings is 2. The van der Waals surface area contributed by atoms with Gasteiger partial charge in [-0.1, -0.05) is 48.5 Å². The maximum absolute atomic E-state index is 13.3. The largest absolute Gasteiger partial charge is 0.308 e. The van der Waals surface area contributed by atoms with Crippen LogP contribution in [0.5, 0.6) is 0 Å². The van der Waals surface area contributed by atoms with E-state index in [2.05, 4.69) is 23.3 Å². The lowest BCUT2D eigenvalue weighted by Crippen LogP contribution is -2.36. The molecule has 0 bridgehead atoms. The summed E-state index contributed by atoms with van der Waals surface area (Å²) in [5.41, 5.74) is 5.93. The Morgan fingerprint density at radius 1 is 1.04 bits per heavy atom. The molecule has 1 amide bonds. The van der Waals surface area contributed by atoms with Crippen LogP contribution in [0.4, 0.5) is 5.69 Å². The lowest BCUT2D eigenvalue weighted by Gasteiger charge is -2.29. The topological polar surface area (TPSA) is 38.1 Å². The minimum atomic E-state index is 0.0615. The Kier molecular flexibility index (Phi) is 4.33. The fourth-order valence-electron chi connectivity index (χ4n) is 3.80. The van der Waals surface area contributed by atoms with Crippen molar-refractivity contribution in [3.63, 3.8) is 0 Å². The normalized spacial score (nSPS) is 13.5. The van der Waals surface area contributed by atoms with E-state index in [-0.39, 0.29) is 5.91 Å². The molecule has 4 nitrogen and oxygen atoms in total. The van der Waals surface area contributed by atoms with Crippen LogP contribution in [-0.4, -0.2) is 22.2 Å². The van der Waals surface area contributed by atoms with Crippen LogP contribution in [0.2, 0.25) is 0 Å². The van der Waals surface area contributed by atoms with Crippen LogP contribution in [0.3, 0.4) is 0 Å². The number of carbonyl (C=O) groups excluding carboxylic acids is 1. The molecule has 4 rings (SSSR count). The van der Waals surface area contributed by atoms with Crippen molar-refractivity contribution in [1.29, 1.82) is 0 Å². The summed E-state index contributed by atoms with van der Waals surface area (Å²) in [6, 6.07) is 18.4. The van der Waals surface area contributed by atoms with Crippen molar-refractivity contribution < 1.29 is 4.79 Å². The van der Waals surface area contributed by atoms with Gasteiger partial charge in [0.05, 0.1) is 17.8 Å². The third-order valence-electron chi connectivity index (χ3n) is 5.13. The van der Waals surface area contributed by atoms with E-state index in [0.717, 1.165) is 42.0 Å². The van der Waals surface area contributed by atoms with Crippen LogP contribution in [0.1, 0.15) is 39.3 Å². The van der Waals surface area contributed by atoms with E-state index in [1.54, 1.807) is 0 Å². The van der Waals surface area contributed by atoms with Gasteiger partial charge in [0.2, 0.25) is 0 Å². The predicted octanol–water partition coefficient (Wildman–Crippen LogP) is 4.14. The molecule has 4 heteroatoms. The first kappa shape index (κ1) is 16.6. The van der Waals surface area contributed by atoms with E-state index in [4.69, 9.17) is 0 Å². The molecule has 0 atom stereocenters. The molecule has 0 N–H and O–H groups in total. The second kappa shape index (κ2) is 6.79. The number of aromatic nitrogens is 2. The number of rotatable bonds is 3. The van der Waals surface area contributed by atoms with Crippen molar-refractivity contribution in [3.8, 4) is 0 Å². The highest BCUT2D eigenvalue weighted by Crippen LogP contribution is 2.29. The quantitative estimate of drug-likeness (QED) is 0.715. The van der Waals surface area contributed by atoms with Crippen LogP contribution in [0.15, 0.2) is 54.6 Å². The Labute approximate surface area is 154 Å². The van der Waals surface area contributed by atoms with Crippen LogP contribution in [0, 0.1) is 13.8 Å². The Hall–Kier alpha value is -2.88. The van der Waals surface area contributed by atoms with Crippen molar-refractivity contribution in [1.82, 2.24) is 9.78 Å². The molecule has 0 aliphatic carbocycles. The molecule has 1 aliphatic heterocycles. The molecule has 0 saturated heterocycles. The van der Waals surface area contributed by atoms with Crippen LogP contribution in [0.25, 0.3) is 0 Å². The minimum Gasteiger partial charge on any atom is -0.308 e. The van der Waals surface area contributed by atoms with E-state index < -0.39 is 0 Å². The van der Waals surface area contributed by atoms with Gasteiger partial charge in [-0.3, -0.25) is 9.48 Å². The number of amides is 1. The van der Waals surface area contributed by atoms with Crippen molar-refractivity contribution in [3.05, 3.63) is 82.7 Å². The SMILES string of the molecule is Cc1nn(Cc2ccccc2)c(C)c1C(=O)N1CCCc2ccccc21. The fourth-order valence-corrected chi connectivity index (χ4v) is 3.80. The van der Waals surface area contributed by atoms with E-state index in [1.807, 2.05) is 59.8 Å². The molecular formula is C22H23N3O. The smallest absolute Gasteiger partial charge is 0.262 e.